The summed E-state index contributed by atoms with van der Waals surface area (Å²) in [6.45, 7) is 4.79. The molecule has 0 spiro atoms. The highest BCUT2D eigenvalue weighted by atomic mass is 32.1. The van der Waals surface area contributed by atoms with Gasteiger partial charge in [-0.3, -0.25) is 0 Å². The molecule has 0 saturated heterocycles. The number of thiophene rings is 2. The predicted octanol–water partition coefficient (Wildman–Crippen LogP) is 13.9. The third-order valence-corrected chi connectivity index (χ3v) is 14.0. The summed E-state index contributed by atoms with van der Waals surface area (Å²) in [7, 11) is 0. The van der Waals surface area contributed by atoms with Crippen LogP contribution in [-0.2, 0) is 5.41 Å². The largest absolute Gasteiger partial charge is 0.300 e. The van der Waals surface area contributed by atoms with Crippen LogP contribution < -0.4 is 0 Å². The van der Waals surface area contributed by atoms with Crippen molar-refractivity contribution in [2.24, 2.45) is 0 Å². The molecule has 0 unspecified atom stereocenters. The Morgan fingerprint density at radius 2 is 1.20 bits per heavy atom. The van der Waals surface area contributed by atoms with Crippen molar-refractivity contribution in [2.75, 3.05) is 0 Å². The minimum Gasteiger partial charge on any atom is -0.300 e. The second kappa shape index (κ2) is 11.0. The van der Waals surface area contributed by atoms with E-state index in [4.69, 9.17) is 9.97 Å². The fraction of sp³-hybridized carbons (Fsp3) is 0.0612. The van der Waals surface area contributed by atoms with E-state index in [-0.39, 0.29) is 5.41 Å². The van der Waals surface area contributed by atoms with Crippen LogP contribution in [0.1, 0.15) is 25.0 Å². The first kappa shape index (κ1) is 30.3. The van der Waals surface area contributed by atoms with Gasteiger partial charge in [0.2, 0.25) is 0 Å². The lowest BCUT2D eigenvalue weighted by Crippen LogP contribution is -2.27. The van der Waals surface area contributed by atoms with Crippen LogP contribution in [-0.4, -0.2) is 14.5 Å². The van der Waals surface area contributed by atoms with Gasteiger partial charge in [0, 0.05) is 63.0 Å². The number of para-hydroxylation sites is 2. The Labute approximate surface area is 319 Å². The van der Waals surface area contributed by atoms with Crippen molar-refractivity contribution >= 4 is 85.0 Å². The smallest absolute Gasteiger partial charge is 0.160 e. The molecule has 0 fully saturated rings. The van der Waals surface area contributed by atoms with E-state index >= 15 is 0 Å². The summed E-state index contributed by atoms with van der Waals surface area (Å²) >= 11 is 3.74. The Kier molecular flexibility index (Phi) is 6.15. The van der Waals surface area contributed by atoms with Crippen molar-refractivity contribution < 1.29 is 0 Å². The zero-order valence-electron chi connectivity index (χ0n) is 29.6. The van der Waals surface area contributed by atoms with E-state index in [0.29, 0.717) is 0 Å². The van der Waals surface area contributed by atoms with E-state index in [9.17, 15) is 0 Å². The van der Waals surface area contributed by atoms with Crippen molar-refractivity contribution in [1.29, 1.82) is 0 Å². The second-order valence-corrected chi connectivity index (χ2v) is 17.0. The second-order valence-electron chi connectivity index (χ2n) is 14.9. The van der Waals surface area contributed by atoms with Crippen LogP contribution in [0, 0.1) is 0 Å². The SMILES string of the molecule is CC1(C)c2c(-c3cccc(-c4nc(-c5cccc6c5sc5ccccc56)c5ccccc5n4)c3)cccc2-n2c3sc4ccccc4c3c3cccc1c32. The standard InChI is InChI=1S/C49H31N3S2/c1-49(2)37-22-11-20-35-42-34-17-5-8-26-41(34)54-48(42)52(45(35)37)39-24-12-18-30(43(39)49)28-13-9-14-29(27-28)47-50-38-23-6-3-16-33(38)44(51-47)36-21-10-19-32-31-15-4-7-25-40(31)53-46(32)36/h3-27H,1-2H3. The van der Waals surface area contributed by atoms with Gasteiger partial charge in [0.1, 0.15) is 4.83 Å². The van der Waals surface area contributed by atoms with E-state index in [1.807, 2.05) is 22.7 Å². The number of rotatable bonds is 3. The van der Waals surface area contributed by atoms with E-state index in [1.54, 1.807) is 0 Å². The number of hydrogen-bond acceptors (Lipinski definition) is 4. The summed E-state index contributed by atoms with van der Waals surface area (Å²) in [5, 5.41) is 7.65. The van der Waals surface area contributed by atoms with Gasteiger partial charge in [-0.2, -0.15) is 0 Å². The van der Waals surface area contributed by atoms with Crippen LogP contribution in [0.15, 0.2) is 152 Å². The van der Waals surface area contributed by atoms with E-state index in [1.165, 1.54) is 73.8 Å². The van der Waals surface area contributed by atoms with Gasteiger partial charge in [0.25, 0.3) is 0 Å². The maximum absolute atomic E-state index is 5.41. The normalized spacial score (nSPS) is 13.5. The number of fused-ring (bicyclic) bond motifs is 11. The molecule has 0 amide bonds. The molecule has 0 N–H and O–H groups in total. The number of aromatic nitrogens is 3. The molecule has 4 aromatic heterocycles. The van der Waals surface area contributed by atoms with Crippen molar-refractivity contribution in [3.05, 3.63) is 163 Å². The van der Waals surface area contributed by atoms with Crippen LogP contribution >= 0.6 is 22.7 Å². The average molecular weight is 726 g/mol. The quantitative estimate of drug-likeness (QED) is 0.182. The molecule has 0 atom stereocenters. The van der Waals surface area contributed by atoms with Crippen LogP contribution in [0.25, 0.3) is 102 Å². The van der Waals surface area contributed by atoms with E-state index in [2.05, 4.69) is 170 Å². The molecule has 1 aliphatic rings. The lowest BCUT2D eigenvalue weighted by atomic mass is 9.72. The topological polar surface area (TPSA) is 30.7 Å². The Balaban J connectivity index is 1.07. The summed E-state index contributed by atoms with van der Waals surface area (Å²) in [4.78, 5) is 11.9. The lowest BCUT2D eigenvalue weighted by Gasteiger charge is -2.36. The predicted molar refractivity (Wildman–Crippen MR) is 231 cm³/mol. The fourth-order valence-corrected chi connectivity index (χ4v) is 11.7. The molecule has 12 rings (SSSR count). The highest BCUT2D eigenvalue weighted by Crippen LogP contribution is 2.53. The van der Waals surface area contributed by atoms with Crippen LogP contribution in [0.3, 0.4) is 0 Å². The minimum atomic E-state index is -0.233. The summed E-state index contributed by atoms with van der Waals surface area (Å²) in [6.07, 6.45) is 0. The van der Waals surface area contributed by atoms with Gasteiger partial charge >= 0.3 is 0 Å². The molecule has 254 valence electrons. The average Bonchev–Trinajstić information content (AvgIpc) is 3.89. The molecular weight excluding hydrogens is 695 g/mol. The van der Waals surface area contributed by atoms with Gasteiger partial charge in [-0.05, 0) is 52.6 Å². The maximum Gasteiger partial charge on any atom is 0.160 e. The third-order valence-electron chi connectivity index (χ3n) is 11.6. The molecule has 3 nitrogen and oxygen atoms in total. The van der Waals surface area contributed by atoms with Crippen molar-refractivity contribution in [2.45, 2.75) is 19.3 Å². The molecule has 5 heterocycles. The molecule has 0 radical (unpaired) electrons. The molecule has 0 aliphatic carbocycles. The van der Waals surface area contributed by atoms with Crippen LogP contribution in [0.4, 0.5) is 0 Å². The van der Waals surface area contributed by atoms with E-state index in [0.717, 1.165) is 39.1 Å². The highest BCUT2D eigenvalue weighted by molar-refractivity contribution is 7.26. The lowest BCUT2D eigenvalue weighted by molar-refractivity contribution is 0.632. The molecule has 0 bridgehead atoms. The highest BCUT2D eigenvalue weighted by Gasteiger charge is 2.37. The van der Waals surface area contributed by atoms with Gasteiger partial charge < -0.3 is 4.57 Å². The monoisotopic (exact) mass is 725 g/mol. The first-order valence-electron chi connectivity index (χ1n) is 18.4. The van der Waals surface area contributed by atoms with Crippen LogP contribution in [0.2, 0.25) is 0 Å². The van der Waals surface area contributed by atoms with Gasteiger partial charge in [0.05, 0.1) is 22.4 Å². The van der Waals surface area contributed by atoms with Crippen molar-refractivity contribution in [1.82, 2.24) is 14.5 Å². The number of hydrogen-bond donors (Lipinski definition) is 0. The first-order chi connectivity index (χ1) is 26.5. The molecule has 1 aliphatic heterocycles. The molecule has 54 heavy (non-hydrogen) atoms. The molecule has 5 heteroatoms. The number of benzene rings is 7. The molecule has 0 saturated carbocycles. The first-order valence-corrected chi connectivity index (χ1v) is 20.1. The Hall–Kier alpha value is -6.14. The zero-order valence-corrected chi connectivity index (χ0v) is 31.2. The Morgan fingerprint density at radius 3 is 2.09 bits per heavy atom. The maximum atomic E-state index is 5.41. The van der Waals surface area contributed by atoms with Crippen molar-refractivity contribution in [3.8, 4) is 39.5 Å². The van der Waals surface area contributed by atoms with E-state index < -0.39 is 0 Å². The summed E-state index contributed by atoms with van der Waals surface area (Å²) in [5.74, 6) is 0.733. The zero-order chi connectivity index (χ0) is 35.7. The molecule has 7 aromatic carbocycles. The Morgan fingerprint density at radius 1 is 0.537 bits per heavy atom. The van der Waals surface area contributed by atoms with Crippen molar-refractivity contribution in [3.63, 3.8) is 0 Å². The van der Waals surface area contributed by atoms with Crippen LogP contribution in [0.5, 0.6) is 0 Å². The van der Waals surface area contributed by atoms with Gasteiger partial charge in [-0.15, -0.1) is 22.7 Å². The summed E-state index contributed by atoms with van der Waals surface area (Å²) < 4.78 is 6.42. The Bertz CT molecular complexity index is 3380. The third kappa shape index (κ3) is 4.06. The summed E-state index contributed by atoms with van der Waals surface area (Å²) in [6, 6.07) is 55.1. The summed E-state index contributed by atoms with van der Waals surface area (Å²) in [5.41, 5.74) is 11.5. The van der Waals surface area contributed by atoms with Gasteiger partial charge in [-0.1, -0.05) is 135 Å². The fourth-order valence-electron chi connectivity index (χ4n) is 9.20. The van der Waals surface area contributed by atoms with Gasteiger partial charge in [0.15, 0.2) is 5.82 Å². The molecule has 11 aromatic rings. The minimum absolute atomic E-state index is 0.233. The van der Waals surface area contributed by atoms with Gasteiger partial charge in [-0.25, -0.2) is 9.97 Å². The molecular formula is C49H31N3S2. The number of nitrogens with zero attached hydrogens (tertiary/aromatic N) is 3.